The fraction of sp³-hybridized carbons (Fsp3) is 0.722. The average Bonchev–Trinajstić information content (AvgIpc) is 2.91. The lowest BCUT2D eigenvalue weighted by Crippen LogP contribution is -2.52. The number of ether oxygens (including phenoxy) is 2. The maximum absolute atomic E-state index is 5.98. The first-order valence-electron chi connectivity index (χ1n) is 8.41. The van der Waals surface area contributed by atoms with Crippen molar-refractivity contribution in [3.8, 4) is 0 Å². The summed E-state index contributed by atoms with van der Waals surface area (Å²) in [6.07, 6.45) is 5.86. The van der Waals surface area contributed by atoms with Crippen molar-refractivity contribution in [2.75, 3.05) is 27.3 Å². The lowest BCUT2D eigenvalue weighted by molar-refractivity contribution is -0.0935. The van der Waals surface area contributed by atoms with Crippen molar-refractivity contribution >= 4 is 0 Å². The minimum atomic E-state index is 0.0507. The van der Waals surface area contributed by atoms with Gasteiger partial charge in [0.1, 0.15) is 0 Å². The van der Waals surface area contributed by atoms with Crippen LogP contribution in [-0.4, -0.2) is 54.9 Å². The number of aromatic nitrogens is 1. The maximum atomic E-state index is 5.98. The van der Waals surface area contributed by atoms with Gasteiger partial charge in [-0.1, -0.05) is 6.07 Å². The van der Waals surface area contributed by atoms with Gasteiger partial charge in [-0.2, -0.15) is 0 Å². The molecule has 1 aliphatic heterocycles. The largest absolute Gasteiger partial charge is 0.381 e. The molecule has 0 spiro atoms. The van der Waals surface area contributed by atoms with Gasteiger partial charge in [0, 0.05) is 51.2 Å². The lowest BCUT2D eigenvalue weighted by Gasteiger charge is -2.43. The molecule has 4 heteroatoms. The van der Waals surface area contributed by atoms with Gasteiger partial charge in [0.15, 0.2) is 0 Å². The molecule has 2 fully saturated rings. The highest BCUT2D eigenvalue weighted by Gasteiger charge is 2.50. The number of hydrogen-bond acceptors (Lipinski definition) is 4. The summed E-state index contributed by atoms with van der Waals surface area (Å²) in [4.78, 5) is 7.22. The van der Waals surface area contributed by atoms with Crippen molar-refractivity contribution in [2.24, 2.45) is 0 Å². The van der Waals surface area contributed by atoms with E-state index in [0.717, 1.165) is 50.9 Å². The van der Waals surface area contributed by atoms with Crippen LogP contribution in [0.2, 0.25) is 0 Å². The number of aryl methyl sites for hydroxylation is 1. The first kappa shape index (κ1) is 15.9. The Morgan fingerprint density at radius 2 is 2.18 bits per heavy atom. The van der Waals surface area contributed by atoms with Gasteiger partial charge < -0.3 is 9.47 Å². The zero-order valence-corrected chi connectivity index (χ0v) is 14.0. The van der Waals surface area contributed by atoms with Crippen LogP contribution in [0, 0.1) is 6.92 Å². The molecule has 1 aliphatic carbocycles. The quantitative estimate of drug-likeness (QED) is 0.837. The monoisotopic (exact) mass is 304 g/mol. The van der Waals surface area contributed by atoms with E-state index in [1.165, 1.54) is 5.69 Å². The Labute approximate surface area is 133 Å². The van der Waals surface area contributed by atoms with E-state index < -0.39 is 0 Å². The fourth-order valence-electron chi connectivity index (χ4n) is 4.23. The molecule has 2 aliphatic rings. The summed E-state index contributed by atoms with van der Waals surface area (Å²) < 4.78 is 11.6. The molecule has 0 unspecified atom stereocenters. The van der Waals surface area contributed by atoms with Crippen molar-refractivity contribution in [3.63, 3.8) is 0 Å². The molecule has 2 heterocycles. The molecule has 122 valence electrons. The molecule has 1 aromatic rings. The second-order valence-corrected chi connectivity index (χ2v) is 6.72. The van der Waals surface area contributed by atoms with E-state index in [-0.39, 0.29) is 5.60 Å². The van der Waals surface area contributed by atoms with Crippen LogP contribution in [0.1, 0.15) is 37.1 Å². The number of rotatable bonds is 5. The van der Waals surface area contributed by atoms with Gasteiger partial charge in [-0.05, 0) is 44.7 Å². The Kier molecular flexibility index (Phi) is 4.81. The van der Waals surface area contributed by atoms with Crippen LogP contribution < -0.4 is 0 Å². The lowest BCUT2D eigenvalue weighted by atomic mass is 9.79. The van der Waals surface area contributed by atoms with Gasteiger partial charge in [-0.25, -0.2) is 0 Å². The van der Waals surface area contributed by atoms with Crippen LogP contribution >= 0.6 is 0 Å². The Hall–Kier alpha value is -0.970. The molecule has 22 heavy (non-hydrogen) atoms. The smallest absolute Gasteiger partial charge is 0.0847 e. The molecule has 0 N–H and O–H groups in total. The Morgan fingerprint density at radius 1 is 1.32 bits per heavy atom. The molecule has 3 atom stereocenters. The highest BCUT2D eigenvalue weighted by Crippen LogP contribution is 2.42. The number of hydrogen-bond donors (Lipinski definition) is 0. The molecule has 3 rings (SSSR count). The summed E-state index contributed by atoms with van der Waals surface area (Å²) in [6, 6.07) is 6.77. The van der Waals surface area contributed by atoms with Crippen LogP contribution in [0.15, 0.2) is 18.2 Å². The van der Waals surface area contributed by atoms with Crippen molar-refractivity contribution in [3.05, 3.63) is 29.6 Å². The van der Waals surface area contributed by atoms with E-state index in [9.17, 15) is 0 Å². The Bertz CT molecular complexity index is 508. The number of nitrogens with zero attached hydrogens (tertiary/aromatic N) is 2. The number of pyridine rings is 1. The van der Waals surface area contributed by atoms with Gasteiger partial charge in [-0.15, -0.1) is 0 Å². The van der Waals surface area contributed by atoms with Crippen LogP contribution in [0.5, 0.6) is 0 Å². The number of fused-ring (bicyclic) bond motifs is 1. The van der Waals surface area contributed by atoms with Gasteiger partial charge in [0.2, 0.25) is 0 Å². The van der Waals surface area contributed by atoms with E-state index in [1.807, 2.05) is 14.2 Å². The topological polar surface area (TPSA) is 34.6 Å². The molecular formula is C18H28N2O2. The molecule has 1 saturated heterocycles. The number of likely N-dealkylation sites (tertiary alicyclic amines) is 1. The van der Waals surface area contributed by atoms with Gasteiger partial charge in [0.25, 0.3) is 0 Å². The van der Waals surface area contributed by atoms with Crippen LogP contribution in [0.3, 0.4) is 0 Å². The Morgan fingerprint density at radius 3 is 2.91 bits per heavy atom. The summed E-state index contributed by atoms with van der Waals surface area (Å²) in [5, 5.41) is 0. The minimum absolute atomic E-state index is 0.0507. The molecular weight excluding hydrogens is 276 g/mol. The van der Waals surface area contributed by atoms with Gasteiger partial charge >= 0.3 is 0 Å². The first-order chi connectivity index (χ1) is 10.7. The molecule has 0 amide bonds. The van der Waals surface area contributed by atoms with E-state index in [0.29, 0.717) is 12.1 Å². The molecule has 1 saturated carbocycles. The molecule has 0 radical (unpaired) electrons. The zero-order chi connectivity index (χ0) is 15.6. The molecule has 0 bridgehead atoms. The first-order valence-corrected chi connectivity index (χ1v) is 8.41. The van der Waals surface area contributed by atoms with E-state index >= 15 is 0 Å². The summed E-state index contributed by atoms with van der Waals surface area (Å²) >= 11 is 0. The number of methoxy groups -OCH3 is 2. The highest BCUT2D eigenvalue weighted by atomic mass is 16.5. The van der Waals surface area contributed by atoms with Crippen LogP contribution in [0.4, 0.5) is 0 Å². The van der Waals surface area contributed by atoms with Crippen molar-refractivity contribution in [1.82, 2.24) is 9.88 Å². The highest BCUT2D eigenvalue weighted by molar-refractivity contribution is 5.11. The predicted molar refractivity (Wildman–Crippen MR) is 87.0 cm³/mol. The summed E-state index contributed by atoms with van der Waals surface area (Å²) in [6.45, 7) is 4.24. The van der Waals surface area contributed by atoms with E-state index in [4.69, 9.17) is 9.47 Å². The second-order valence-electron chi connectivity index (χ2n) is 6.72. The van der Waals surface area contributed by atoms with Crippen molar-refractivity contribution in [1.29, 1.82) is 0 Å². The maximum Gasteiger partial charge on any atom is 0.0847 e. The third-order valence-electron chi connectivity index (χ3n) is 5.59. The summed E-state index contributed by atoms with van der Waals surface area (Å²) in [5.74, 6) is 0. The van der Waals surface area contributed by atoms with E-state index in [2.05, 4.69) is 35.0 Å². The Balaban J connectivity index is 1.66. The fourth-order valence-corrected chi connectivity index (χ4v) is 4.23. The third kappa shape index (κ3) is 3.05. The molecule has 1 aromatic heterocycles. The van der Waals surface area contributed by atoms with Crippen molar-refractivity contribution < 1.29 is 9.47 Å². The molecule has 4 nitrogen and oxygen atoms in total. The minimum Gasteiger partial charge on any atom is -0.381 e. The van der Waals surface area contributed by atoms with Crippen LogP contribution in [-0.2, 0) is 15.9 Å². The summed E-state index contributed by atoms with van der Waals surface area (Å²) in [7, 11) is 3.71. The SMILES string of the molecule is CO[C@@H]1CC[C@@]2(OC)CCN(CCc3cccc(C)n3)[C@H]2C1. The van der Waals surface area contributed by atoms with Crippen molar-refractivity contribution in [2.45, 2.75) is 56.8 Å². The van der Waals surface area contributed by atoms with E-state index in [1.54, 1.807) is 0 Å². The molecule has 0 aromatic carbocycles. The second kappa shape index (κ2) is 6.65. The average molecular weight is 304 g/mol. The third-order valence-corrected chi connectivity index (χ3v) is 5.59. The standard InChI is InChI=1S/C18H28N2O2/c1-14-5-4-6-15(19-14)8-11-20-12-10-18(22-3)9-7-16(21-2)13-17(18)20/h4-6,16-17H,7-13H2,1-3H3/t16-,17+,18-/m1/s1. The summed E-state index contributed by atoms with van der Waals surface area (Å²) in [5.41, 5.74) is 2.34. The van der Waals surface area contributed by atoms with Gasteiger partial charge in [-0.3, -0.25) is 9.88 Å². The van der Waals surface area contributed by atoms with Crippen LogP contribution in [0.25, 0.3) is 0 Å². The predicted octanol–water partition coefficient (Wildman–Crippen LogP) is 2.59. The zero-order valence-electron chi connectivity index (χ0n) is 14.0. The normalized spacial score (nSPS) is 32.1. The van der Waals surface area contributed by atoms with Gasteiger partial charge in [0.05, 0.1) is 11.7 Å².